The van der Waals surface area contributed by atoms with Gasteiger partial charge in [0.05, 0.1) is 11.2 Å². The summed E-state index contributed by atoms with van der Waals surface area (Å²) in [6, 6.07) is 4.89. The number of pyridine rings is 1. The van der Waals surface area contributed by atoms with Crippen LogP contribution in [0.5, 0.6) is 0 Å². The quantitative estimate of drug-likeness (QED) is 0.832. The van der Waals surface area contributed by atoms with Gasteiger partial charge in [0, 0.05) is 46.1 Å². The van der Waals surface area contributed by atoms with Gasteiger partial charge in [-0.15, -0.1) is 0 Å². The van der Waals surface area contributed by atoms with Crippen LogP contribution in [0.15, 0.2) is 24.4 Å². The van der Waals surface area contributed by atoms with Crippen molar-refractivity contribution < 1.29 is 8.60 Å². The Hall–Kier alpha value is -1.69. The fourth-order valence-electron chi connectivity index (χ4n) is 2.04. The monoisotopic (exact) mass is 295 g/mol. The van der Waals surface area contributed by atoms with Crippen LogP contribution in [0.1, 0.15) is 13.3 Å². The number of anilines is 2. The Bertz CT molecular complexity index is 648. The maximum Gasteiger partial charge on any atom is 0.150 e. The molecule has 2 atom stereocenters. The van der Waals surface area contributed by atoms with Gasteiger partial charge in [-0.1, -0.05) is 0 Å². The number of hydrogen-bond donors (Lipinski definition) is 2. The van der Waals surface area contributed by atoms with Crippen molar-refractivity contribution in [3.8, 4) is 0 Å². The van der Waals surface area contributed by atoms with Crippen molar-refractivity contribution in [2.45, 2.75) is 19.4 Å². The molecule has 0 saturated heterocycles. The molecule has 6 heteroatoms. The van der Waals surface area contributed by atoms with E-state index in [0.29, 0.717) is 29.1 Å². The standard InChI is InChI=1S/C14H18FN3OS/c1-9(5-7-20(2)19)18-14-11(15)8-12(16)10-4-3-6-17-13(10)14/h3-4,6,8-9,18H,5,7,16H2,1-2H3. The Labute approximate surface area is 120 Å². The molecule has 0 aliphatic heterocycles. The van der Waals surface area contributed by atoms with Gasteiger partial charge >= 0.3 is 0 Å². The summed E-state index contributed by atoms with van der Waals surface area (Å²) in [5, 5.41) is 3.83. The average molecular weight is 295 g/mol. The zero-order chi connectivity index (χ0) is 14.7. The number of rotatable bonds is 5. The van der Waals surface area contributed by atoms with Crippen molar-refractivity contribution in [2.24, 2.45) is 0 Å². The van der Waals surface area contributed by atoms with Crippen molar-refractivity contribution in [1.29, 1.82) is 0 Å². The van der Waals surface area contributed by atoms with Crippen molar-refractivity contribution in [1.82, 2.24) is 4.98 Å². The van der Waals surface area contributed by atoms with Crippen LogP contribution in [0.2, 0.25) is 0 Å². The van der Waals surface area contributed by atoms with Gasteiger partial charge in [0.15, 0.2) is 5.82 Å². The number of nitrogens with one attached hydrogen (secondary N) is 1. The Balaban J connectivity index is 2.32. The van der Waals surface area contributed by atoms with Crippen molar-refractivity contribution in [3.05, 3.63) is 30.2 Å². The highest BCUT2D eigenvalue weighted by atomic mass is 32.2. The Morgan fingerprint density at radius 1 is 1.55 bits per heavy atom. The van der Waals surface area contributed by atoms with Gasteiger partial charge in [-0.05, 0) is 31.5 Å². The van der Waals surface area contributed by atoms with Gasteiger partial charge in [0.25, 0.3) is 0 Å². The summed E-state index contributed by atoms with van der Waals surface area (Å²) in [6.07, 6.45) is 3.97. The van der Waals surface area contributed by atoms with E-state index in [1.54, 1.807) is 18.5 Å². The maximum atomic E-state index is 14.1. The molecule has 0 aliphatic carbocycles. The largest absolute Gasteiger partial charge is 0.398 e. The molecule has 0 aliphatic rings. The minimum Gasteiger partial charge on any atom is -0.398 e. The molecule has 0 radical (unpaired) electrons. The molecule has 0 amide bonds. The first-order valence-electron chi connectivity index (χ1n) is 6.38. The summed E-state index contributed by atoms with van der Waals surface area (Å²) >= 11 is 0. The first kappa shape index (κ1) is 14.7. The van der Waals surface area contributed by atoms with E-state index in [2.05, 4.69) is 10.3 Å². The Morgan fingerprint density at radius 3 is 3.00 bits per heavy atom. The third kappa shape index (κ3) is 3.25. The molecular formula is C14H18FN3OS. The minimum atomic E-state index is -0.850. The molecule has 2 aromatic rings. The first-order chi connectivity index (χ1) is 9.49. The number of hydrogen-bond acceptors (Lipinski definition) is 4. The van der Waals surface area contributed by atoms with E-state index >= 15 is 0 Å². The predicted octanol–water partition coefficient (Wildman–Crippen LogP) is 2.53. The SMILES string of the molecule is CC(CCS(C)=O)Nc1c(F)cc(N)c2cccnc12. The third-order valence-electron chi connectivity index (χ3n) is 3.11. The lowest BCUT2D eigenvalue weighted by Crippen LogP contribution is -2.19. The van der Waals surface area contributed by atoms with Crippen LogP contribution < -0.4 is 11.1 Å². The van der Waals surface area contributed by atoms with Gasteiger partial charge in [-0.2, -0.15) is 0 Å². The zero-order valence-electron chi connectivity index (χ0n) is 11.5. The lowest BCUT2D eigenvalue weighted by molar-refractivity contribution is 0.627. The number of nitrogen functional groups attached to an aromatic ring is 1. The fraction of sp³-hybridized carbons (Fsp3) is 0.357. The summed E-state index contributed by atoms with van der Waals surface area (Å²) < 4.78 is 25.2. The normalized spacial score (nSPS) is 14.2. The molecule has 2 rings (SSSR count). The van der Waals surface area contributed by atoms with Crippen molar-refractivity contribution in [2.75, 3.05) is 23.1 Å². The lowest BCUT2D eigenvalue weighted by Gasteiger charge is -2.17. The average Bonchev–Trinajstić information content (AvgIpc) is 2.41. The molecule has 3 N–H and O–H groups in total. The highest BCUT2D eigenvalue weighted by Crippen LogP contribution is 2.30. The number of benzene rings is 1. The molecule has 2 unspecified atom stereocenters. The maximum absolute atomic E-state index is 14.1. The molecule has 1 heterocycles. The van der Waals surface area contributed by atoms with E-state index in [9.17, 15) is 8.60 Å². The summed E-state index contributed by atoms with van der Waals surface area (Å²) in [7, 11) is -0.850. The summed E-state index contributed by atoms with van der Waals surface area (Å²) in [6.45, 7) is 1.93. The number of nitrogens with two attached hydrogens (primary N) is 1. The minimum absolute atomic E-state index is 0.00207. The second kappa shape index (κ2) is 6.17. The highest BCUT2D eigenvalue weighted by Gasteiger charge is 2.14. The summed E-state index contributed by atoms with van der Waals surface area (Å²) in [5.41, 5.74) is 7.05. The van der Waals surface area contributed by atoms with Gasteiger partial charge in [-0.3, -0.25) is 9.19 Å². The smallest absolute Gasteiger partial charge is 0.150 e. The number of nitrogens with zero attached hydrogens (tertiary/aromatic N) is 1. The second-order valence-corrected chi connectivity index (χ2v) is 6.39. The third-order valence-corrected chi connectivity index (χ3v) is 3.92. The molecule has 0 spiro atoms. The van der Waals surface area contributed by atoms with E-state index in [0.717, 1.165) is 5.39 Å². The Morgan fingerprint density at radius 2 is 2.30 bits per heavy atom. The van der Waals surface area contributed by atoms with E-state index in [4.69, 9.17) is 5.73 Å². The van der Waals surface area contributed by atoms with Crippen LogP contribution in [0, 0.1) is 5.82 Å². The van der Waals surface area contributed by atoms with Crippen molar-refractivity contribution >= 4 is 33.1 Å². The molecule has 20 heavy (non-hydrogen) atoms. The molecule has 108 valence electrons. The van der Waals surface area contributed by atoms with Crippen LogP contribution in [0.4, 0.5) is 15.8 Å². The van der Waals surface area contributed by atoms with Gasteiger partial charge in [0.1, 0.15) is 0 Å². The predicted molar refractivity (Wildman–Crippen MR) is 82.7 cm³/mol. The van der Waals surface area contributed by atoms with E-state index in [1.165, 1.54) is 6.07 Å². The lowest BCUT2D eigenvalue weighted by atomic mass is 10.1. The topological polar surface area (TPSA) is 68.0 Å². The summed E-state index contributed by atoms with van der Waals surface area (Å²) in [5.74, 6) is 0.161. The second-order valence-electron chi connectivity index (χ2n) is 4.83. The number of fused-ring (bicyclic) bond motifs is 1. The first-order valence-corrected chi connectivity index (χ1v) is 8.11. The highest BCUT2D eigenvalue weighted by molar-refractivity contribution is 7.84. The molecular weight excluding hydrogens is 277 g/mol. The molecule has 1 aromatic carbocycles. The van der Waals surface area contributed by atoms with Crippen LogP contribution in [0.25, 0.3) is 10.9 Å². The molecule has 1 aromatic heterocycles. The van der Waals surface area contributed by atoms with Gasteiger partial charge < -0.3 is 11.1 Å². The number of halogens is 1. The molecule has 0 saturated carbocycles. The summed E-state index contributed by atoms with van der Waals surface area (Å²) in [4.78, 5) is 4.21. The number of aromatic nitrogens is 1. The zero-order valence-corrected chi connectivity index (χ0v) is 12.3. The molecule has 4 nitrogen and oxygen atoms in total. The van der Waals surface area contributed by atoms with Crippen LogP contribution in [-0.4, -0.2) is 27.2 Å². The van der Waals surface area contributed by atoms with Crippen LogP contribution in [-0.2, 0) is 10.8 Å². The van der Waals surface area contributed by atoms with Crippen molar-refractivity contribution in [3.63, 3.8) is 0 Å². The van der Waals surface area contributed by atoms with E-state index in [-0.39, 0.29) is 6.04 Å². The Kier molecular flexibility index (Phi) is 4.54. The fourth-order valence-corrected chi connectivity index (χ4v) is 2.72. The van der Waals surface area contributed by atoms with Crippen LogP contribution >= 0.6 is 0 Å². The van der Waals surface area contributed by atoms with Gasteiger partial charge in [-0.25, -0.2) is 4.39 Å². The van der Waals surface area contributed by atoms with Crippen LogP contribution in [0.3, 0.4) is 0 Å². The van der Waals surface area contributed by atoms with E-state index in [1.807, 2.05) is 13.0 Å². The molecule has 0 bridgehead atoms. The molecule has 0 fully saturated rings. The van der Waals surface area contributed by atoms with Gasteiger partial charge in [0.2, 0.25) is 0 Å². The van der Waals surface area contributed by atoms with E-state index < -0.39 is 16.6 Å².